The molecule has 0 amide bonds. The van der Waals surface area contributed by atoms with E-state index in [0.29, 0.717) is 5.92 Å². The largest absolute Gasteiger partial charge is 0.0921 e. The van der Waals surface area contributed by atoms with Crippen LogP contribution in [-0.4, -0.2) is 5.33 Å². The Hall–Kier alpha value is -0.300. The van der Waals surface area contributed by atoms with Gasteiger partial charge in [0.25, 0.3) is 0 Å². The first kappa shape index (κ1) is 12.8. The molecule has 0 aliphatic carbocycles. The van der Waals surface area contributed by atoms with E-state index in [1.54, 1.807) is 0 Å². The van der Waals surface area contributed by atoms with E-state index >= 15 is 0 Å². The number of hydrogen-bond acceptors (Lipinski definition) is 0. The van der Waals surface area contributed by atoms with Crippen LogP contribution in [0.1, 0.15) is 43.7 Å². The molecule has 1 aromatic carbocycles. The Morgan fingerprint density at radius 2 is 1.80 bits per heavy atom. The molecule has 0 saturated heterocycles. The lowest BCUT2D eigenvalue weighted by Gasteiger charge is -2.18. The molecule has 1 heteroatoms. The Morgan fingerprint density at radius 1 is 1.20 bits per heavy atom. The Labute approximate surface area is 102 Å². The normalized spacial score (nSPS) is 14.9. The molecule has 0 aromatic heterocycles. The molecule has 1 aromatic rings. The van der Waals surface area contributed by atoms with Gasteiger partial charge in [-0.2, -0.15) is 0 Å². The van der Waals surface area contributed by atoms with Gasteiger partial charge in [0.05, 0.1) is 0 Å². The van der Waals surface area contributed by atoms with Crippen LogP contribution in [0.2, 0.25) is 0 Å². The molecule has 0 aliphatic rings. The molecule has 84 valence electrons. The van der Waals surface area contributed by atoms with Crippen molar-refractivity contribution in [3.05, 3.63) is 35.4 Å². The highest BCUT2D eigenvalue weighted by atomic mass is 79.9. The SMILES string of the molecule is CCC(C)CC(CBr)c1ccc(C)cc1. The number of aryl methyl sites for hydroxylation is 1. The summed E-state index contributed by atoms with van der Waals surface area (Å²) in [4.78, 5) is 0. The summed E-state index contributed by atoms with van der Waals surface area (Å²) in [6, 6.07) is 8.95. The molecule has 0 heterocycles. The van der Waals surface area contributed by atoms with Crippen molar-refractivity contribution in [3.8, 4) is 0 Å². The van der Waals surface area contributed by atoms with Crippen LogP contribution in [0.5, 0.6) is 0 Å². The highest BCUT2D eigenvalue weighted by molar-refractivity contribution is 9.09. The van der Waals surface area contributed by atoms with Crippen molar-refractivity contribution in [3.63, 3.8) is 0 Å². The fraction of sp³-hybridized carbons (Fsp3) is 0.571. The van der Waals surface area contributed by atoms with Crippen molar-refractivity contribution < 1.29 is 0 Å². The topological polar surface area (TPSA) is 0 Å². The van der Waals surface area contributed by atoms with Crippen LogP contribution in [0.3, 0.4) is 0 Å². The molecule has 2 atom stereocenters. The second kappa shape index (κ2) is 6.32. The Balaban J connectivity index is 2.69. The summed E-state index contributed by atoms with van der Waals surface area (Å²) in [5, 5.41) is 1.07. The first-order valence-corrected chi connectivity index (χ1v) is 6.92. The molecule has 0 aliphatic heterocycles. The van der Waals surface area contributed by atoms with Gasteiger partial charge in [0.15, 0.2) is 0 Å². The molecule has 0 spiro atoms. The molecular weight excluding hydrogens is 248 g/mol. The van der Waals surface area contributed by atoms with E-state index in [1.165, 1.54) is 24.0 Å². The molecule has 0 N–H and O–H groups in total. The van der Waals surface area contributed by atoms with E-state index in [0.717, 1.165) is 11.2 Å². The van der Waals surface area contributed by atoms with Crippen molar-refractivity contribution in [2.75, 3.05) is 5.33 Å². The van der Waals surface area contributed by atoms with Gasteiger partial charge in [-0.15, -0.1) is 0 Å². The molecule has 0 nitrogen and oxygen atoms in total. The molecular formula is C14H21Br. The fourth-order valence-corrected chi connectivity index (χ4v) is 2.42. The van der Waals surface area contributed by atoms with Crippen molar-refractivity contribution in [1.29, 1.82) is 0 Å². The molecule has 0 saturated carbocycles. The maximum absolute atomic E-state index is 3.63. The smallest absolute Gasteiger partial charge is 0.0100 e. The molecule has 0 radical (unpaired) electrons. The van der Waals surface area contributed by atoms with Gasteiger partial charge >= 0.3 is 0 Å². The maximum atomic E-state index is 3.63. The average Bonchev–Trinajstić information content (AvgIpc) is 2.27. The van der Waals surface area contributed by atoms with Crippen molar-refractivity contribution in [2.45, 2.75) is 39.5 Å². The number of benzene rings is 1. The van der Waals surface area contributed by atoms with Crippen LogP contribution in [0.15, 0.2) is 24.3 Å². The van der Waals surface area contributed by atoms with Gasteiger partial charge in [-0.3, -0.25) is 0 Å². The highest BCUT2D eigenvalue weighted by Gasteiger charge is 2.12. The van der Waals surface area contributed by atoms with Gasteiger partial charge in [-0.1, -0.05) is 66.0 Å². The van der Waals surface area contributed by atoms with E-state index in [9.17, 15) is 0 Å². The summed E-state index contributed by atoms with van der Waals surface area (Å²) < 4.78 is 0. The first-order valence-electron chi connectivity index (χ1n) is 5.79. The number of alkyl halides is 1. The van der Waals surface area contributed by atoms with Crippen LogP contribution in [-0.2, 0) is 0 Å². The third-order valence-corrected chi connectivity index (χ3v) is 3.90. The second-order valence-electron chi connectivity index (χ2n) is 4.51. The summed E-state index contributed by atoms with van der Waals surface area (Å²) in [6.45, 7) is 6.75. The zero-order valence-electron chi connectivity index (χ0n) is 9.96. The quantitative estimate of drug-likeness (QED) is 0.666. The predicted molar refractivity (Wildman–Crippen MR) is 71.8 cm³/mol. The lowest BCUT2D eigenvalue weighted by molar-refractivity contribution is 0.475. The van der Waals surface area contributed by atoms with Crippen LogP contribution in [0.25, 0.3) is 0 Å². The van der Waals surface area contributed by atoms with E-state index in [1.807, 2.05) is 0 Å². The molecule has 0 bridgehead atoms. The fourth-order valence-electron chi connectivity index (χ4n) is 1.78. The summed E-state index contributed by atoms with van der Waals surface area (Å²) >= 11 is 3.63. The second-order valence-corrected chi connectivity index (χ2v) is 5.16. The average molecular weight is 269 g/mol. The molecule has 15 heavy (non-hydrogen) atoms. The number of rotatable bonds is 5. The van der Waals surface area contributed by atoms with Gasteiger partial charge in [0.1, 0.15) is 0 Å². The van der Waals surface area contributed by atoms with Gasteiger partial charge in [-0.25, -0.2) is 0 Å². The van der Waals surface area contributed by atoms with Crippen molar-refractivity contribution in [1.82, 2.24) is 0 Å². The third-order valence-electron chi connectivity index (χ3n) is 3.12. The van der Waals surface area contributed by atoms with E-state index < -0.39 is 0 Å². The maximum Gasteiger partial charge on any atom is 0.0100 e. The summed E-state index contributed by atoms with van der Waals surface area (Å²) in [5.74, 6) is 1.48. The minimum atomic E-state index is 0.667. The van der Waals surface area contributed by atoms with E-state index in [-0.39, 0.29) is 0 Å². The lowest BCUT2D eigenvalue weighted by Crippen LogP contribution is -2.06. The predicted octanol–water partition coefficient (Wildman–Crippen LogP) is 4.91. The Kier molecular flexibility index (Phi) is 5.38. The van der Waals surface area contributed by atoms with Crippen LogP contribution >= 0.6 is 15.9 Å². The lowest BCUT2D eigenvalue weighted by atomic mass is 9.89. The van der Waals surface area contributed by atoms with Gasteiger partial charge < -0.3 is 0 Å². The van der Waals surface area contributed by atoms with Crippen LogP contribution in [0.4, 0.5) is 0 Å². The van der Waals surface area contributed by atoms with E-state index in [4.69, 9.17) is 0 Å². The highest BCUT2D eigenvalue weighted by Crippen LogP contribution is 2.27. The molecule has 0 fully saturated rings. The number of halogens is 1. The minimum Gasteiger partial charge on any atom is -0.0921 e. The zero-order valence-corrected chi connectivity index (χ0v) is 11.5. The monoisotopic (exact) mass is 268 g/mol. The van der Waals surface area contributed by atoms with Crippen molar-refractivity contribution in [2.24, 2.45) is 5.92 Å². The number of hydrogen-bond donors (Lipinski definition) is 0. The summed E-state index contributed by atoms with van der Waals surface area (Å²) in [6.07, 6.45) is 2.56. The minimum absolute atomic E-state index is 0.667. The van der Waals surface area contributed by atoms with Gasteiger partial charge in [0, 0.05) is 5.33 Å². The Bertz CT molecular complexity index is 276. The van der Waals surface area contributed by atoms with Crippen molar-refractivity contribution >= 4 is 15.9 Å². The standard InChI is InChI=1S/C14H21Br/c1-4-11(2)9-14(10-15)13-7-5-12(3)6-8-13/h5-8,11,14H,4,9-10H2,1-3H3. The zero-order chi connectivity index (χ0) is 11.3. The summed E-state index contributed by atoms with van der Waals surface area (Å²) in [5.41, 5.74) is 2.81. The van der Waals surface area contributed by atoms with Crippen LogP contribution in [0, 0.1) is 12.8 Å². The summed E-state index contributed by atoms with van der Waals surface area (Å²) in [7, 11) is 0. The van der Waals surface area contributed by atoms with Gasteiger partial charge in [0.2, 0.25) is 0 Å². The van der Waals surface area contributed by atoms with E-state index in [2.05, 4.69) is 61.0 Å². The van der Waals surface area contributed by atoms with Gasteiger partial charge in [-0.05, 0) is 30.7 Å². The Morgan fingerprint density at radius 3 is 2.27 bits per heavy atom. The first-order chi connectivity index (χ1) is 7.17. The third kappa shape index (κ3) is 3.98. The van der Waals surface area contributed by atoms with Crippen LogP contribution < -0.4 is 0 Å². The molecule has 2 unspecified atom stereocenters. The molecule has 1 rings (SSSR count).